The first kappa shape index (κ1) is 25.4. The fraction of sp³-hybridized carbons (Fsp3) is 0.290. The van der Waals surface area contributed by atoms with E-state index in [1.807, 2.05) is 18.2 Å². The Morgan fingerprint density at radius 2 is 1.45 bits per heavy atom. The molecule has 1 aliphatic heterocycles. The molecule has 0 spiro atoms. The molecule has 2 amide bonds. The molecule has 0 radical (unpaired) electrons. The number of esters is 1. The van der Waals surface area contributed by atoms with Crippen LogP contribution in [0.15, 0.2) is 78.9 Å². The second kappa shape index (κ2) is 10.6. The van der Waals surface area contributed by atoms with Gasteiger partial charge in [-0.25, -0.2) is 4.79 Å². The van der Waals surface area contributed by atoms with Gasteiger partial charge in [0.2, 0.25) is 17.6 Å². The van der Waals surface area contributed by atoms with Crippen LogP contribution in [0.3, 0.4) is 0 Å². The maximum atomic E-state index is 13.3. The van der Waals surface area contributed by atoms with E-state index in [0.29, 0.717) is 29.8 Å². The largest absolute Gasteiger partial charge is 0.497 e. The third-order valence-electron chi connectivity index (χ3n) is 7.59. The number of anilines is 1. The summed E-state index contributed by atoms with van der Waals surface area (Å²) in [5, 5.41) is 0. The van der Waals surface area contributed by atoms with Crippen LogP contribution >= 0.6 is 0 Å². The third kappa shape index (κ3) is 4.84. The molecule has 0 aromatic heterocycles. The van der Waals surface area contributed by atoms with Gasteiger partial charge in [0.25, 0.3) is 0 Å². The highest BCUT2D eigenvalue weighted by Crippen LogP contribution is 2.45. The Kier molecular flexibility index (Phi) is 7.09. The summed E-state index contributed by atoms with van der Waals surface area (Å²) in [6, 6.07) is 22.9. The number of hydrogen-bond donors (Lipinski definition) is 0. The van der Waals surface area contributed by atoms with Crippen LogP contribution in [-0.2, 0) is 14.3 Å². The summed E-state index contributed by atoms with van der Waals surface area (Å²) < 4.78 is 10.5. The Bertz CT molecular complexity index is 1350. The lowest BCUT2D eigenvalue weighted by Crippen LogP contribution is -2.31. The first-order chi connectivity index (χ1) is 18.4. The van der Waals surface area contributed by atoms with Crippen LogP contribution in [0.1, 0.15) is 58.4 Å². The molecule has 7 heteroatoms. The van der Waals surface area contributed by atoms with E-state index < -0.39 is 12.1 Å². The molecule has 0 N–H and O–H groups in total. The molecule has 3 aromatic carbocycles. The predicted octanol–water partition coefficient (Wildman–Crippen LogP) is 5.20. The van der Waals surface area contributed by atoms with Gasteiger partial charge in [0.15, 0.2) is 6.10 Å². The molecule has 1 saturated heterocycles. The van der Waals surface area contributed by atoms with Crippen LogP contribution in [0.4, 0.5) is 5.69 Å². The number of methoxy groups -OCH3 is 1. The average molecular weight is 512 g/mol. The summed E-state index contributed by atoms with van der Waals surface area (Å²) >= 11 is 0. The van der Waals surface area contributed by atoms with Gasteiger partial charge >= 0.3 is 5.97 Å². The maximum Gasteiger partial charge on any atom is 0.338 e. The minimum absolute atomic E-state index is 0.180. The number of nitrogens with zero attached hydrogens (tertiary/aromatic N) is 1. The van der Waals surface area contributed by atoms with E-state index in [0.717, 1.165) is 6.42 Å². The second-order valence-electron chi connectivity index (χ2n) is 9.83. The number of carbonyl (C=O) groups excluding carboxylic acids is 4. The fourth-order valence-electron chi connectivity index (χ4n) is 5.48. The minimum Gasteiger partial charge on any atom is -0.497 e. The van der Waals surface area contributed by atoms with E-state index >= 15 is 0 Å². The smallest absolute Gasteiger partial charge is 0.338 e. The number of rotatable bonds is 7. The van der Waals surface area contributed by atoms with Crippen molar-refractivity contribution >= 4 is 29.3 Å². The standard InChI is InChI=1S/C31H29NO6/c1-19(28(33)21-10-15-25(37-2)16-11-21)38-31(36)22-8-13-24(14-9-22)32-29(34)26-17-12-23(18-27(26)30(32)35)20-6-4-3-5-7-20/h3-11,13-16,19,23,26-27H,12,17-18H2,1-2H3/t19-,23+,26-,27+/m1/s1. The minimum atomic E-state index is -0.988. The SMILES string of the molecule is COc1ccc(C(=O)[C@@H](C)OC(=O)c2ccc(N3C(=O)[C@H]4C[C@@H](c5ccccc5)CC[C@H]4C3=O)cc2)cc1. The van der Waals surface area contributed by atoms with E-state index in [2.05, 4.69) is 12.1 Å². The molecule has 0 bridgehead atoms. The molecule has 7 nitrogen and oxygen atoms in total. The summed E-state index contributed by atoms with van der Waals surface area (Å²) in [6.45, 7) is 1.52. The first-order valence-electron chi connectivity index (χ1n) is 12.8. The number of ether oxygens (including phenoxy) is 2. The fourth-order valence-corrected chi connectivity index (χ4v) is 5.48. The quantitative estimate of drug-likeness (QED) is 0.246. The number of ketones is 1. The number of fused-ring (bicyclic) bond motifs is 1. The first-order valence-corrected chi connectivity index (χ1v) is 12.8. The van der Waals surface area contributed by atoms with Crippen LogP contribution in [0.2, 0.25) is 0 Å². The van der Waals surface area contributed by atoms with Gasteiger partial charge in [0.05, 0.1) is 30.2 Å². The van der Waals surface area contributed by atoms with Crippen molar-refractivity contribution in [3.05, 3.63) is 95.6 Å². The number of hydrogen-bond acceptors (Lipinski definition) is 6. The van der Waals surface area contributed by atoms with E-state index in [-0.39, 0.29) is 40.9 Å². The van der Waals surface area contributed by atoms with Crippen molar-refractivity contribution in [2.24, 2.45) is 11.8 Å². The zero-order valence-electron chi connectivity index (χ0n) is 21.3. The average Bonchev–Trinajstić information content (AvgIpc) is 3.21. The topological polar surface area (TPSA) is 90.0 Å². The summed E-state index contributed by atoms with van der Waals surface area (Å²) in [5.74, 6) is -1.12. The van der Waals surface area contributed by atoms with Crippen molar-refractivity contribution in [2.45, 2.75) is 38.2 Å². The number of Topliss-reactive ketones (excluding diaryl/α,β-unsaturated/α-hetero) is 1. The van der Waals surface area contributed by atoms with Gasteiger partial charge in [0.1, 0.15) is 5.75 Å². The maximum absolute atomic E-state index is 13.3. The molecule has 2 fully saturated rings. The third-order valence-corrected chi connectivity index (χ3v) is 7.59. The van der Waals surface area contributed by atoms with Gasteiger partial charge in [-0.2, -0.15) is 0 Å². The Hall–Kier alpha value is -4.26. The predicted molar refractivity (Wildman–Crippen MR) is 141 cm³/mol. The molecule has 3 aromatic rings. The Labute approximate surface area is 221 Å². The van der Waals surface area contributed by atoms with E-state index in [9.17, 15) is 19.2 Å². The van der Waals surface area contributed by atoms with Crippen molar-refractivity contribution in [2.75, 3.05) is 12.0 Å². The highest BCUT2D eigenvalue weighted by atomic mass is 16.5. The van der Waals surface area contributed by atoms with E-state index in [4.69, 9.17) is 9.47 Å². The van der Waals surface area contributed by atoms with Gasteiger partial charge in [0, 0.05) is 5.56 Å². The molecule has 38 heavy (non-hydrogen) atoms. The van der Waals surface area contributed by atoms with Crippen LogP contribution in [0, 0.1) is 11.8 Å². The second-order valence-corrected chi connectivity index (χ2v) is 9.83. The molecule has 2 aliphatic rings. The number of carbonyl (C=O) groups is 4. The van der Waals surface area contributed by atoms with Crippen molar-refractivity contribution in [1.82, 2.24) is 0 Å². The summed E-state index contributed by atoms with van der Waals surface area (Å²) in [4.78, 5) is 53.1. The lowest BCUT2D eigenvalue weighted by Gasteiger charge is -2.28. The summed E-state index contributed by atoms with van der Waals surface area (Å²) in [6.07, 6.45) is 1.21. The summed E-state index contributed by atoms with van der Waals surface area (Å²) in [7, 11) is 1.54. The lowest BCUT2D eigenvalue weighted by atomic mass is 9.73. The number of benzene rings is 3. The molecule has 1 aliphatic carbocycles. The zero-order valence-corrected chi connectivity index (χ0v) is 21.3. The Morgan fingerprint density at radius 1 is 0.816 bits per heavy atom. The molecule has 4 atom stereocenters. The monoisotopic (exact) mass is 511 g/mol. The van der Waals surface area contributed by atoms with E-state index in [1.165, 1.54) is 36.6 Å². The van der Waals surface area contributed by atoms with Crippen molar-refractivity contribution in [3.8, 4) is 5.75 Å². The normalized spacial score (nSPS) is 21.5. The zero-order chi connectivity index (χ0) is 26.8. The molecule has 194 valence electrons. The van der Waals surface area contributed by atoms with Crippen LogP contribution in [0.25, 0.3) is 0 Å². The van der Waals surface area contributed by atoms with Gasteiger partial charge in [-0.3, -0.25) is 19.3 Å². The molecule has 1 heterocycles. The van der Waals surface area contributed by atoms with Gasteiger partial charge in [-0.05, 0) is 86.2 Å². The Morgan fingerprint density at radius 3 is 2.11 bits per heavy atom. The molecular weight excluding hydrogens is 482 g/mol. The van der Waals surface area contributed by atoms with Crippen molar-refractivity contribution < 1.29 is 28.7 Å². The van der Waals surface area contributed by atoms with Gasteiger partial charge in [-0.1, -0.05) is 30.3 Å². The number of amides is 2. The molecule has 5 rings (SSSR count). The van der Waals surface area contributed by atoms with Crippen molar-refractivity contribution in [1.29, 1.82) is 0 Å². The van der Waals surface area contributed by atoms with Gasteiger partial charge < -0.3 is 9.47 Å². The molecule has 0 unspecified atom stereocenters. The Balaban J connectivity index is 1.24. The van der Waals surface area contributed by atoms with Crippen molar-refractivity contribution in [3.63, 3.8) is 0 Å². The number of imide groups is 1. The van der Waals surface area contributed by atoms with Crippen LogP contribution in [-0.4, -0.2) is 36.8 Å². The van der Waals surface area contributed by atoms with Crippen LogP contribution in [0.5, 0.6) is 5.75 Å². The highest BCUT2D eigenvalue weighted by molar-refractivity contribution is 6.22. The molecular formula is C31H29NO6. The van der Waals surface area contributed by atoms with Crippen LogP contribution < -0.4 is 9.64 Å². The lowest BCUT2D eigenvalue weighted by molar-refractivity contribution is -0.122. The van der Waals surface area contributed by atoms with E-state index in [1.54, 1.807) is 36.4 Å². The molecule has 1 saturated carbocycles. The van der Waals surface area contributed by atoms with Gasteiger partial charge in [-0.15, -0.1) is 0 Å². The summed E-state index contributed by atoms with van der Waals surface area (Å²) in [5.41, 5.74) is 2.27. The highest BCUT2D eigenvalue weighted by Gasteiger charge is 2.50.